The summed E-state index contributed by atoms with van der Waals surface area (Å²) in [5, 5.41) is 9.51. The van der Waals surface area contributed by atoms with E-state index in [9.17, 15) is 4.79 Å². The molecule has 0 N–H and O–H groups in total. The maximum atomic E-state index is 11.9. The third-order valence-corrected chi connectivity index (χ3v) is 4.60. The molecule has 4 rings (SSSR count). The minimum absolute atomic E-state index is 0.147. The number of hydrogen-bond donors (Lipinski definition) is 0. The fourth-order valence-electron chi connectivity index (χ4n) is 2.42. The standard InChI is InChI=1S/C15H12N4OS/c20-12-7-4-8-13-14(12)17-15(21-13)11-9-16-19(18-11)10-5-2-1-3-6-10/h1-3,5-6,9H,4,7-8H2. The van der Waals surface area contributed by atoms with Gasteiger partial charge in [-0.15, -0.1) is 16.4 Å². The number of benzene rings is 1. The van der Waals surface area contributed by atoms with Gasteiger partial charge < -0.3 is 0 Å². The van der Waals surface area contributed by atoms with Gasteiger partial charge in [-0.25, -0.2) is 4.98 Å². The Hall–Kier alpha value is -2.34. The molecular weight excluding hydrogens is 284 g/mol. The molecule has 104 valence electrons. The van der Waals surface area contributed by atoms with E-state index >= 15 is 0 Å². The lowest BCUT2D eigenvalue weighted by molar-refractivity contribution is 0.0968. The monoisotopic (exact) mass is 296 g/mol. The first-order chi connectivity index (χ1) is 10.3. The van der Waals surface area contributed by atoms with Crippen molar-refractivity contribution < 1.29 is 4.79 Å². The van der Waals surface area contributed by atoms with E-state index in [2.05, 4.69) is 15.2 Å². The molecule has 0 saturated carbocycles. The lowest BCUT2D eigenvalue weighted by atomic mass is 10.0. The summed E-state index contributed by atoms with van der Waals surface area (Å²) in [4.78, 5) is 19.0. The van der Waals surface area contributed by atoms with Crippen LogP contribution in [-0.4, -0.2) is 25.8 Å². The highest BCUT2D eigenvalue weighted by Crippen LogP contribution is 2.31. The molecule has 0 unspecified atom stereocenters. The molecule has 1 aliphatic rings. The zero-order valence-corrected chi connectivity index (χ0v) is 12.0. The molecule has 1 aromatic carbocycles. The zero-order valence-electron chi connectivity index (χ0n) is 11.2. The van der Waals surface area contributed by atoms with Crippen LogP contribution in [-0.2, 0) is 6.42 Å². The number of nitrogens with zero attached hydrogens (tertiary/aromatic N) is 4. The number of para-hydroxylation sites is 1. The molecule has 5 nitrogen and oxygen atoms in total. The van der Waals surface area contributed by atoms with Crippen LogP contribution in [0.1, 0.15) is 28.2 Å². The normalized spacial score (nSPS) is 14.2. The van der Waals surface area contributed by atoms with E-state index in [0.29, 0.717) is 17.8 Å². The molecule has 6 heteroatoms. The Labute approximate surface area is 125 Å². The number of Topliss-reactive ketones (excluding diaryl/α,β-unsaturated/α-hetero) is 1. The van der Waals surface area contributed by atoms with Gasteiger partial charge in [-0.1, -0.05) is 18.2 Å². The predicted molar refractivity (Wildman–Crippen MR) is 79.7 cm³/mol. The number of aryl methyl sites for hydroxylation is 1. The Morgan fingerprint density at radius 2 is 2.00 bits per heavy atom. The summed E-state index contributed by atoms with van der Waals surface area (Å²) in [5.41, 5.74) is 2.25. The lowest BCUT2D eigenvalue weighted by Crippen LogP contribution is -2.08. The minimum atomic E-state index is 0.147. The molecule has 1 aliphatic carbocycles. The molecule has 0 radical (unpaired) electrons. The highest BCUT2D eigenvalue weighted by molar-refractivity contribution is 7.15. The predicted octanol–water partition coefficient (Wildman–Crippen LogP) is 2.91. The second kappa shape index (κ2) is 4.89. The molecule has 0 amide bonds. The maximum Gasteiger partial charge on any atom is 0.182 e. The van der Waals surface area contributed by atoms with Crippen molar-refractivity contribution in [3.63, 3.8) is 0 Å². The Morgan fingerprint density at radius 3 is 2.81 bits per heavy atom. The van der Waals surface area contributed by atoms with Crippen molar-refractivity contribution in [2.45, 2.75) is 19.3 Å². The number of carbonyl (C=O) groups is 1. The molecule has 0 fully saturated rings. The molecule has 0 spiro atoms. The number of thiazole rings is 1. The Balaban J connectivity index is 1.72. The Kier molecular flexibility index (Phi) is 2.89. The maximum absolute atomic E-state index is 11.9. The highest BCUT2D eigenvalue weighted by atomic mass is 32.1. The van der Waals surface area contributed by atoms with E-state index in [4.69, 9.17) is 0 Å². The van der Waals surface area contributed by atoms with Gasteiger partial charge >= 0.3 is 0 Å². The van der Waals surface area contributed by atoms with E-state index in [-0.39, 0.29) is 5.78 Å². The van der Waals surface area contributed by atoms with Crippen molar-refractivity contribution >= 4 is 17.1 Å². The summed E-state index contributed by atoms with van der Waals surface area (Å²) < 4.78 is 0. The van der Waals surface area contributed by atoms with Crippen LogP contribution in [0.4, 0.5) is 0 Å². The van der Waals surface area contributed by atoms with Crippen LogP contribution in [0, 0.1) is 0 Å². The number of ketones is 1. The van der Waals surface area contributed by atoms with Crippen molar-refractivity contribution in [3.8, 4) is 16.4 Å². The number of rotatable bonds is 2. The molecule has 2 heterocycles. The van der Waals surface area contributed by atoms with Crippen LogP contribution >= 0.6 is 11.3 Å². The lowest BCUT2D eigenvalue weighted by Gasteiger charge is -2.06. The summed E-state index contributed by atoms with van der Waals surface area (Å²) in [5.74, 6) is 0.147. The number of aromatic nitrogens is 4. The van der Waals surface area contributed by atoms with Crippen molar-refractivity contribution in [1.29, 1.82) is 0 Å². The fourth-order valence-corrected chi connectivity index (χ4v) is 3.49. The van der Waals surface area contributed by atoms with Gasteiger partial charge in [-0.2, -0.15) is 9.90 Å². The van der Waals surface area contributed by atoms with E-state index < -0.39 is 0 Å². The third kappa shape index (κ3) is 2.17. The Bertz CT molecular complexity index is 806. The van der Waals surface area contributed by atoms with Crippen LogP contribution in [0.2, 0.25) is 0 Å². The second-order valence-corrected chi connectivity index (χ2v) is 6.01. The van der Waals surface area contributed by atoms with Crippen molar-refractivity contribution in [1.82, 2.24) is 20.0 Å². The van der Waals surface area contributed by atoms with Crippen molar-refractivity contribution in [2.75, 3.05) is 0 Å². The van der Waals surface area contributed by atoms with Crippen LogP contribution in [0.3, 0.4) is 0 Å². The van der Waals surface area contributed by atoms with Gasteiger partial charge in [-0.05, 0) is 25.0 Å². The topological polar surface area (TPSA) is 60.7 Å². The van der Waals surface area contributed by atoms with Crippen LogP contribution in [0.5, 0.6) is 0 Å². The molecule has 0 bridgehead atoms. The largest absolute Gasteiger partial charge is 0.292 e. The Morgan fingerprint density at radius 1 is 1.14 bits per heavy atom. The molecular formula is C15H12N4OS. The smallest absolute Gasteiger partial charge is 0.182 e. The second-order valence-electron chi connectivity index (χ2n) is 4.92. The SMILES string of the molecule is O=C1CCCc2sc(-c3cnn(-c4ccccc4)n3)nc21. The number of carbonyl (C=O) groups excluding carboxylic acids is 1. The third-order valence-electron chi connectivity index (χ3n) is 3.47. The number of fused-ring (bicyclic) bond motifs is 1. The van der Waals surface area contributed by atoms with Gasteiger partial charge in [0.2, 0.25) is 0 Å². The molecule has 0 aliphatic heterocycles. The fraction of sp³-hybridized carbons (Fsp3) is 0.200. The van der Waals surface area contributed by atoms with Gasteiger partial charge in [0.15, 0.2) is 5.78 Å². The van der Waals surface area contributed by atoms with Gasteiger partial charge in [0.25, 0.3) is 0 Å². The van der Waals surface area contributed by atoms with Crippen molar-refractivity contribution in [2.24, 2.45) is 0 Å². The summed E-state index contributed by atoms with van der Waals surface area (Å²) in [7, 11) is 0. The molecule has 2 aromatic heterocycles. The van der Waals surface area contributed by atoms with E-state index in [1.165, 1.54) is 0 Å². The van der Waals surface area contributed by atoms with Crippen molar-refractivity contribution in [3.05, 3.63) is 47.1 Å². The zero-order chi connectivity index (χ0) is 14.2. The first-order valence-corrected chi connectivity index (χ1v) is 7.64. The molecule has 0 saturated heterocycles. The first-order valence-electron chi connectivity index (χ1n) is 6.82. The molecule has 3 aromatic rings. The van der Waals surface area contributed by atoms with E-state index in [1.807, 2.05) is 30.3 Å². The van der Waals surface area contributed by atoms with Gasteiger partial charge in [0.1, 0.15) is 16.4 Å². The summed E-state index contributed by atoms with van der Waals surface area (Å²) in [6.45, 7) is 0. The van der Waals surface area contributed by atoms with Gasteiger partial charge in [0.05, 0.1) is 11.9 Å². The number of hydrogen-bond acceptors (Lipinski definition) is 5. The van der Waals surface area contributed by atoms with Gasteiger partial charge in [0, 0.05) is 11.3 Å². The average molecular weight is 296 g/mol. The van der Waals surface area contributed by atoms with Crippen LogP contribution in [0.25, 0.3) is 16.4 Å². The minimum Gasteiger partial charge on any atom is -0.292 e. The summed E-state index contributed by atoms with van der Waals surface area (Å²) >= 11 is 1.55. The highest BCUT2D eigenvalue weighted by Gasteiger charge is 2.23. The average Bonchev–Trinajstić information content (AvgIpc) is 3.15. The van der Waals surface area contributed by atoms with E-state index in [1.54, 1.807) is 22.3 Å². The van der Waals surface area contributed by atoms with Gasteiger partial charge in [-0.3, -0.25) is 4.79 Å². The van der Waals surface area contributed by atoms with Crippen LogP contribution < -0.4 is 0 Å². The van der Waals surface area contributed by atoms with Crippen LogP contribution in [0.15, 0.2) is 36.5 Å². The summed E-state index contributed by atoms with van der Waals surface area (Å²) in [6, 6.07) is 9.73. The van der Waals surface area contributed by atoms with E-state index in [0.717, 1.165) is 28.4 Å². The summed E-state index contributed by atoms with van der Waals surface area (Å²) in [6.07, 6.45) is 4.16. The molecule has 0 atom stereocenters. The quantitative estimate of drug-likeness (QED) is 0.729. The first kappa shape index (κ1) is 12.4. The molecule has 21 heavy (non-hydrogen) atoms.